The van der Waals surface area contributed by atoms with Crippen molar-refractivity contribution in [2.75, 3.05) is 60.4 Å². The largest absolute Gasteiger partial charge is 0.480 e. The molecule has 0 heterocycles. The van der Waals surface area contributed by atoms with Gasteiger partial charge in [-0.25, -0.2) is 0 Å². The zero-order valence-electron chi connectivity index (χ0n) is 11.3. The zero-order valence-corrected chi connectivity index (χ0v) is 11.3. The van der Waals surface area contributed by atoms with Gasteiger partial charge in [0.25, 0.3) is 0 Å². The fourth-order valence-corrected chi connectivity index (χ4v) is 1.41. The molecule has 0 unspecified atom stereocenters. The lowest BCUT2D eigenvalue weighted by molar-refractivity contribution is -0.138. The lowest BCUT2D eigenvalue weighted by atomic mass is 10.4. The molecule has 106 valence electrons. The Balaban J connectivity index is 3.67. The van der Waals surface area contributed by atoms with Gasteiger partial charge in [0.15, 0.2) is 0 Å². The van der Waals surface area contributed by atoms with Crippen molar-refractivity contribution in [3.63, 3.8) is 0 Å². The molecule has 0 bridgehead atoms. The van der Waals surface area contributed by atoms with Gasteiger partial charge in [0.05, 0.1) is 13.1 Å². The standard InChI is InChI=1S/C11H23N3O4/c1-12(4-6-13(2)8-10(15)16)5-7-14(3)9-11(17)18/h4-9H2,1-3H3,(H,15,16)(H,17,18). The van der Waals surface area contributed by atoms with Gasteiger partial charge < -0.3 is 15.1 Å². The highest BCUT2D eigenvalue weighted by Crippen LogP contribution is 1.89. The molecule has 0 fully saturated rings. The summed E-state index contributed by atoms with van der Waals surface area (Å²) < 4.78 is 0. The van der Waals surface area contributed by atoms with Gasteiger partial charge in [-0.15, -0.1) is 0 Å². The predicted molar refractivity (Wildman–Crippen MR) is 67.8 cm³/mol. The number of hydrogen-bond acceptors (Lipinski definition) is 5. The van der Waals surface area contributed by atoms with E-state index < -0.39 is 11.9 Å². The first-order valence-corrected chi connectivity index (χ1v) is 5.80. The van der Waals surface area contributed by atoms with Crippen molar-refractivity contribution in [1.29, 1.82) is 0 Å². The Labute approximate surface area is 108 Å². The third kappa shape index (κ3) is 10.0. The quantitative estimate of drug-likeness (QED) is 0.519. The zero-order chi connectivity index (χ0) is 14.1. The van der Waals surface area contributed by atoms with E-state index in [4.69, 9.17) is 10.2 Å². The second-order valence-corrected chi connectivity index (χ2v) is 4.57. The normalized spacial score (nSPS) is 11.4. The fraction of sp³-hybridized carbons (Fsp3) is 0.818. The molecule has 0 atom stereocenters. The van der Waals surface area contributed by atoms with E-state index in [1.807, 2.05) is 7.05 Å². The van der Waals surface area contributed by atoms with Crippen LogP contribution in [0.3, 0.4) is 0 Å². The van der Waals surface area contributed by atoms with Gasteiger partial charge in [0, 0.05) is 26.2 Å². The highest BCUT2D eigenvalue weighted by molar-refractivity contribution is 5.69. The van der Waals surface area contributed by atoms with Gasteiger partial charge in [0.2, 0.25) is 0 Å². The van der Waals surface area contributed by atoms with Crippen LogP contribution in [0.2, 0.25) is 0 Å². The second kappa shape index (κ2) is 8.84. The van der Waals surface area contributed by atoms with Crippen LogP contribution in [0.1, 0.15) is 0 Å². The van der Waals surface area contributed by atoms with Crippen LogP contribution in [0, 0.1) is 0 Å². The number of carboxylic acid groups (broad SMARTS) is 2. The average molecular weight is 261 g/mol. The van der Waals surface area contributed by atoms with Gasteiger partial charge in [-0.05, 0) is 21.1 Å². The molecular weight excluding hydrogens is 238 g/mol. The number of hydrogen-bond donors (Lipinski definition) is 2. The summed E-state index contributed by atoms with van der Waals surface area (Å²) >= 11 is 0. The monoisotopic (exact) mass is 261 g/mol. The maximum Gasteiger partial charge on any atom is 0.317 e. The van der Waals surface area contributed by atoms with Gasteiger partial charge in [-0.1, -0.05) is 0 Å². The molecule has 0 saturated carbocycles. The molecule has 18 heavy (non-hydrogen) atoms. The minimum Gasteiger partial charge on any atom is -0.480 e. The Morgan fingerprint density at radius 1 is 0.722 bits per heavy atom. The lowest BCUT2D eigenvalue weighted by Gasteiger charge is -2.23. The summed E-state index contributed by atoms with van der Waals surface area (Å²) in [6.45, 7) is 2.92. The average Bonchev–Trinajstić information content (AvgIpc) is 2.21. The molecule has 0 aromatic carbocycles. The van der Waals surface area contributed by atoms with Crippen LogP contribution in [0.25, 0.3) is 0 Å². The minimum atomic E-state index is -0.832. The SMILES string of the molecule is CN(CCN(C)CC(=O)O)CCN(C)CC(=O)O. The minimum absolute atomic E-state index is 0.0345. The first-order valence-electron chi connectivity index (χ1n) is 5.80. The number of rotatable bonds is 10. The summed E-state index contributed by atoms with van der Waals surface area (Å²) in [6.07, 6.45) is 0. The molecule has 0 radical (unpaired) electrons. The van der Waals surface area contributed by atoms with Crippen molar-refractivity contribution in [2.24, 2.45) is 0 Å². The molecule has 0 spiro atoms. The van der Waals surface area contributed by atoms with Gasteiger partial charge >= 0.3 is 11.9 Å². The Morgan fingerprint density at radius 2 is 1.00 bits per heavy atom. The van der Waals surface area contributed by atoms with Crippen molar-refractivity contribution >= 4 is 11.9 Å². The molecule has 0 aromatic heterocycles. The highest BCUT2D eigenvalue weighted by Gasteiger charge is 2.08. The first-order chi connectivity index (χ1) is 8.31. The molecule has 2 N–H and O–H groups in total. The third-order valence-electron chi connectivity index (χ3n) is 2.54. The fourth-order valence-electron chi connectivity index (χ4n) is 1.41. The van der Waals surface area contributed by atoms with Crippen LogP contribution in [0.5, 0.6) is 0 Å². The van der Waals surface area contributed by atoms with E-state index in [-0.39, 0.29) is 13.1 Å². The maximum absolute atomic E-state index is 10.5. The van der Waals surface area contributed by atoms with E-state index in [2.05, 4.69) is 4.90 Å². The van der Waals surface area contributed by atoms with Crippen molar-refractivity contribution in [3.8, 4) is 0 Å². The van der Waals surface area contributed by atoms with Crippen LogP contribution in [0.4, 0.5) is 0 Å². The molecule has 0 saturated heterocycles. The summed E-state index contributed by atoms with van der Waals surface area (Å²) in [5.74, 6) is -1.66. The van der Waals surface area contributed by atoms with E-state index in [0.717, 1.165) is 13.1 Å². The van der Waals surface area contributed by atoms with Crippen molar-refractivity contribution in [1.82, 2.24) is 14.7 Å². The molecule has 0 rings (SSSR count). The van der Waals surface area contributed by atoms with Crippen molar-refractivity contribution < 1.29 is 19.8 Å². The number of aliphatic carboxylic acids is 2. The van der Waals surface area contributed by atoms with E-state index >= 15 is 0 Å². The Morgan fingerprint density at radius 3 is 1.28 bits per heavy atom. The lowest BCUT2D eigenvalue weighted by Crippen LogP contribution is -2.38. The van der Waals surface area contributed by atoms with Crippen molar-refractivity contribution in [3.05, 3.63) is 0 Å². The van der Waals surface area contributed by atoms with Crippen LogP contribution in [0.15, 0.2) is 0 Å². The van der Waals surface area contributed by atoms with Crippen LogP contribution in [-0.4, -0.2) is 97.3 Å². The predicted octanol–water partition coefficient (Wildman–Crippen LogP) is -1.05. The number of likely N-dealkylation sites (N-methyl/N-ethyl adjacent to an activating group) is 3. The molecule has 0 aromatic rings. The Kier molecular flexibility index (Phi) is 8.27. The van der Waals surface area contributed by atoms with Crippen molar-refractivity contribution in [2.45, 2.75) is 0 Å². The number of nitrogens with zero attached hydrogens (tertiary/aromatic N) is 3. The van der Waals surface area contributed by atoms with E-state index in [9.17, 15) is 9.59 Å². The van der Waals surface area contributed by atoms with Crippen LogP contribution >= 0.6 is 0 Å². The second-order valence-electron chi connectivity index (χ2n) is 4.57. The van der Waals surface area contributed by atoms with E-state index in [0.29, 0.717) is 13.1 Å². The van der Waals surface area contributed by atoms with Gasteiger partial charge in [-0.3, -0.25) is 19.4 Å². The van der Waals surface area contributed by atoms with Gasteiger partial charge in [0.1, 0.15) is 0 Å². The first kappa shape index (κ1) is 16.8. The molecule has 7 heteroatoms. The molecule has 0 amide bonds. The molecular formula is C11H23N3O4. The Bertz CT molecular complexity index is 247. The molecule has 0 aliphatic carbocycles. The highest BCUT2D eigenvalue weighted by atomic mass is 16.4. The summed E-state index contributed by atoms with van der Waals surface area (Å²) in [4.78, 5) is 26.4. The third-order valence-corrected chi connectivity index (χ3v) is 2.54. The van der Waals surface area contributed by atoms with Gasteiger partial charge in [-0.2, -0.15) is 0 Å². The van der Waals surface area contributed by atoms with Crippen LogP contribution in [-0.2, 0) is 9.59 Å². The summed E-state index contributed by atoms with van der Waals surface area (Å²) in [5, 5.41) is 17.2. The number of carbonyl (C=O) groups is 2. The van der Waals surface area contributed by atoms with E-state index in [1.165, 1.54) is 0 Å². The summed E-state index contributed by atoms with van der Waals surface area (Å²) in [7, 11) is 5.46. The summed E-state index contributed by atoms with van der Waals surface area (Å²) in [6, 6.07) is 0. The maximum atomic E-state index is 10.5. The smallest absolute Gasteiger partial charge is 0.317 e. The number of carboxylic acids is 2. The topological polar surface area (TPSA) is 84.3 Å². The molecule has 7 nitrogen and oxygen atoms in total. The molecule has 0 aliphatic rings. The van der Waals surface area contributed by atoms with Crippen LogP contribution < -0.4 is 0 Å². The van der Waals surface area contributed by atoms with E-state index in [1.54, 1.807) is 23.9 Å². The Hall–Kier alpha value is -1.18. The summed E-state index contributed by atoms with van der Waals surface area (Å²) in [5.41, 5.74) is 0. The molecule has 0 aliphatic heterocycles.